The number of furan rings is 1. The van der Waals surface area contributed by atoms with Gasteiger partial charge >= 0.3 is 0 Å². The average molecular weight is 371 g/mol. The smallest absolute Gasteiger partial charge is 0.232 e. The molecule has 0 unspecified atom stereocenters. The third-order valence-electron chi connectivity index (χ3n) is 4.53. The van der Waals surface area contributed by atoms with Gasteiger partial charge in [-0.15, -0.1) is 0 Å². The zero-order valence-corrected chi connectivity index (χ0v) is 16.8. The summed E-state index contributed by atoms with van der Waals surface area (Å²) in [6.07, 6.45) is 3.64. The van der Waals surface area contributed by atoms with Crippen LogP contribution in [-0.4, -0.2) is 16.2 Å². The van der Waals surface area contributed by atoms with E-state index in [9.17, 15) is 0 Å². The molecule has 1 aromatic carbocycles. The van der Waals surface area contributed by atoms with Gasteiger partial charge in [0.25, 0.3) is 0 Å². The highest BCUT2D eigenvalue weighted by Crippen LogP contribution is 2.34. The van der Waals surface area contributed by atoms with Crippen molar-refractivity contribution in [2.24, 2.45) is 0 Å². The number of nitrogens with two attached hydrogens (primary N) is 1. The first-order valence-corrected chi connectivity index (χ1v) is 10.1. The molecule has 6 heteroatoms. The molecule has 138 valence electrons. The lowest BCUT2D eigenvalue weighted by atomic mass is 9.92. The molecule has 26 heavy (non-hydrogen) atoms. The Kier molecular flexibility index (Phi) is 5.41. The van der Waals surface area contributed by atoms with Gasteiger partial charge in [0.2, 0.25) is 5.71 Å². The number of fused-ring (bicyclic) bond motifs is 1. The molecular weight excluding hydrogens is 344 g/mol. The highest BCUT2D eigenvalue weighted by Gasteiger charge is 2.17. The van der Waals surface area contributed by atoms with Crippen LogP contribution in [0.1, 0.15) is 56.2 Å². The summed E-state index contributed by atoms with van der Waals surface area (Å²) in [5, 5.41) is 5.03. The maximum absolute atomic E-state index is 6.15. The van der Waals surface area contributed by atoms with Gasteiger partial charge in [-0.2, -0.15) is 4.98 Å². The lowest BCUT2D eigenvalue weighted by Gasteiger charge is -2.20. The molecule has 0 fully saturated rings. The normalized spacial score (nSPS) is 11.7. The molecule has 0 spiro atoms. The Hall–Kier alpha value is -2.21. The summed E-state index contributed by atoms with van der Waals surface area (Å²) in [7, 11) is 0. The first-order chi connectivity index (χ1) is 12.4. The van der Waals surface area contributed by atoms with Gasteiger partial charge in [0.1, 0.15) is 5.82 Å². The maximum Gasteiger partial charge on any atom is 0.232 e. The van der Waals surface area contributed by atoms with Crippen molar-refractivity contribution in [2.45, 2.75) is 51.2 Å². The van der Waals surface area contributed by atoms with Crippen molar-refractivity contribution in [3.8, 4) is 0 Å². The van der Waals surface area contributed by atoms with Crippen LogP contribution in [0.2, 0.25) is 0 Å². The number of aromatic nitrogens is 2. The monoisotopic (exact) mass is 370 g/mol. The van der Waals surface area contributed by atoms with Gasteiger partial charge in [0.15, 0.2) is 5.16 Å². The topological polar surface area (TPSA) is 77.0 Å². The van der Waals surface area contributed by atoms with Gasteiger partial charge in [-0.25, -0.2) is 4.98 Å². The van der Waals surface area contributed by atoms with Crippen molar-refractivity contribution in [2.75, 3.05) is 17.3 Å². The largest absolute Gasteiger partial charge is 0.446 e. The number of hydrogen-bond acceptors (Lipinski definition) is 6. The summed E-state index contributed by atoms with van der Waals surface area (Å²) < 4.78 is 5.63. The standard InChI is InChI=1S/C20H26N4OS/c1-11(2)14-7-6-8-15(12(3)4)17(14)22-9-13-10-25-19-16(13)18(21)23-20(24-19)26-5/h6-8,10-12,22H,9H2,1-5H3,(H2,21,23,24). The summed E-state index contributed by atoms with van der Waals surface area (Å²) in [6.45, 7) is 9.48. The number of rotatable bonds is 6. The molecule has 2 heterocycles. The molecule has 0 aliphatic carbocycles. The number of para-hydroxylation sites is 1. The molecule has 0 amide bonds. The number of hydrogen-bond donors (Lipinski definition) is 2. The number of benzene rings is 1. The van der Waals surface area contributed by atoms with Crippen LogP contribution in [-0.2, 0) is 6.54 Å². The number of nitrogen functional groups attached to an aromatic ring is 1. The number of thioether (sulfide) groups is 1. The molecule has 0 atom stereocenters. The molecule has 0 saturated carbocycles. The van der Waals surface area contributed by atoms with E-state index in [1.807, 2.05) is 6.26 Å². The molecule has 3 N–H and O–H groups in total. The van der Waals surface area contributed by atoms with Crippen LogP contribution >= 0.6 is 11.8 Å². The molecule has 0 aliphatic heterocycles. The average Bonchev–Trinajstić information content (AvgIpc) is 3.02. The number of nitrogens with one attached hydrogen (secondary N) is 1. The highest BCUT2D eigenvalue weighted by molar-refractivity contribution is 7.98. The summed E-state index contributed by atoms with van der Waals surface area (Å²) in [6, 6.07) is 6.52. The van der Waals surface area contributed by atoms with E-state index >= 15 is 0 Å². The van der Waals surface area contributed by atoms with E-state index in [-0.39, 0.29) is 0 Å². The van der Waals surface area contributed by atoms with E-state index in [0.29, 0.717) is 35.1 Å². The van der Waals surface area contributed by atoms with Crippen LogP contribution in [0, 0.1) is 0 Å². The second-order valence-electron chi connectivity index (χ2n) is 7.01. The van der Waals surface area contributed by atoms with Crippen molar-refractivity contribution in [1.29, 1.82) is 0 Å². The van der Waals surface area contributed by atoms with Gasteiger partial charge in [0, 0.05) is 17.8 Å². The minimum absolute atomic E-state index is 0.440. The van der Waals surface area contributed by atoms with Crippen LogP contribution in [0.25, 0.3) is 11.1 Å². The van der Waals surface area contributed by atoms with Gasteiger partial charge in [-0.3, -0.25) is 0 Å². The Balaban J connectivity index is 1.96. The summed E-state index contributed by atoms with van der Waals surface area (Å²) in [4.78, 5) is 8.74. The number of anilines is 2. The minimum atomic E-state index is 0.440. The third-order valence-corrected chi connectivity index (χ3v) is 5.08. The SMILES string of the molecule is CSc1nc(N)c2c(CNc3c(C(C)C)cccc3C(C)C)coc2n1. The minimum Gasteiger partial charge on any atom is -0.446 e. The van der Waals surface area contributed by atoms with Gasteiger partial charge < -0.3 is 15.5 Å². The molecular formula is C20H26N4OS. The van der Waals surface area contributed by atoms with E-state index in [1.54, 1.807) is 6.26 Å². The molecule has 0 aliphatic rings. The third kappa shape index (κ3) is 3.51. The lowest BCUT2D eigenvalue weighted by molar-refractivity contribution is 0.594. The van der Waals surface area contributed by atoms with E-state index in [1.165, 1.54) is 28.6 Å². The van der Waals surface area contributed by atoms with Crippen molar-refractivity contribution in [3.05, 3.63) is 41.2 Å². The van der Waals surface area contributed by atoms with E-state index < -0.39 is 0 Å². The first-order valence-electron chi connectivity index (χ1n) is 8.86. The molecule has 0 saturated heterocycles. The van der Waals surface area contributed by atoms with Gasteiger partial charge in [-0.05, 0) is 29.2 Å². The van der Waals surface area contributed by atoms with Crippen LogP contribution in [0.15, 0.2) is 34.0 Å². The van der Waals surface area contributed by atoms with Crippen molar-refractivity contribution in [3.63, 3.8) is 0 Å². The summed E-state index contributed by atoms with van der Waals surface area (Å²) in [5.41, 5.74) is 11.5. The van der Waals surface area contributed by atoms with Crippen molar-refractivity contribution in [1.82, 2.24) is 9.97 Å². The van der Waals surface area contributed by atoms with Crippen LogP contribution in [0.3, 0.4) is 0 Å². The fourth-order valence-corrected chi connectivity index (χ4v) is 3.53. The zero-order valence-electron chi connectivity index (χ0n) is 16.0. The predicted octanol–water partition coefficient (Wildman–Crippen LogP) is 5.39. The van der Waals surface area contributed by atoms with Crippen molar-refractivity contribution >= 4 is 34.4 Å². The molecule has 3 rings (SSSR count). The van der Waals surface area contributed by atoms with Crippen LogP contribution in [0.4, 0.5) is 11.5 Å². The Labute approximate surface area is 158 Å². The Morgan fingerprint density at radius 3 is 2.35 bits per heavy atom. The fourth-order valence-electron chi connectivity index (χ4n) is 3.17. The van der Waals surface area contributed by atoms with Crippen LogP contribution in [0.5, 0.6) is 0 Å². The zero-order chi connectivity index (χ0) is 18.8. The second kappa shape index (κ2) is 7.58. The van der Waals surface area contributed by atoms with Crippen molar-refractivity contribution < 1.29 is 4.42 Å². The molecule has 0 radical (unpaired) electrons. The maximum atomic E-state index is 6.15. The number of nitrogens with zero attached hydrogens (tertiary/aromatic N) is 2. The quantitative estimate of drug-likeness (QED) is 0.448. The first kappa shape index (κ1) is 18.6. The van der Waals surface area contributed by atoms with Gasteiger partial charge in [-0.1, -0.05) is 57.7 Å². The van der Waals surface area contributed by atoms with Crippen LogP contribution < -0.4 is 11.1 Å². The molecule has 2 aromatic heterocycles. The van der Waals surface area contributed by atoms with E-state index in [0.717, 1.165) is 10.9 Å². The molecule has 3 aromatic rings. The second-order valence-corrected chi connectivity index (χ2v) is 7.78. The Morgan fingerprint density at radius 1 is 1.12 bits per heavy atom. The Morgan fingerprint density at radius 2 is 1.77 bits per heavy atom. The summed E-state index contributed by atoms with van der Waals surface area (Å²) >= 11 is 1.45. The highest BCUT2D eigenvalue weighted by atomic mass is 32.2. The van der Waals surface area contributed by atoms with E-state index in [4.69, 9.17) is 10.2 Å². The van der Waals surface area contributed by atoms with E-state index in [2.05, 4.69) is 61.2 Å². The molecule has 5 nitrogen and oxygen atoms in total. The molecule has 0 bridgehead atoms. The predicted molar refractivity (Wildman–Crippen MR) is 110 cm³/mol. The lowest BCUT2D eigenvalue weighted by Crippen LogP contribution is -2.08. The summed E-state index contributed by atoms with van der Waals surface area (Å²) in [5.74, 6) is 1.34. The fraction of sp³-hybridized carbons (Fsp3) is 0.400. The Bertz CT molecular complexity index is 891. The van der Waals surface area contributed by atoms with Gasteiger partial charge in [0.05, 0.1) is 11.6 Å².